The number of likely N-dealkylation sites (N-methyl/N-ethyl adjacent to an activating group) is 1. The van der Waals surface area contributed by atoms with Gasteiger partial charge in [0.15, 0.2) is 11.4 Å². The third-order valence-corrected chi connectivity index (χ3v) is 10.3. The number of phenolic OH excluding ortho intramolecular Hbond substituents is 1. The van der Waals surface area contributed by atoms with Gasteiger partial charge in [-0.3, -0.25) is 24.2 Å². The van der Waals surface area contributed by atoms with E-state index in [9.17, 15) is 39.9 Å². The maximum atomic E-state index is 14.1. The van der Waals surface area contributed by atoms with Crippen LogP contribution in [0.5, 0.6) is 5.75 Å². The molecule has 244 valence electrons. The number of aliphatic hydroxyl groups excluding tert-OH is 3. The zero-order chi connectivity index (χ0) is 33.2. The number of hydrogen-bond acceptors (Lipinski definition) is 11. The van der Waals surface area contributed by atoms with Crippen molar-refractivity contribution in [2.24, 2.45) is 17.6 Å². The molecule has 0 spiro atoms. The van der Waals surface area contributed by atoms with E-state index in [1.165, 1.54) is 24.6 Å². The zero-order valence-electron chi connectivity index (χ0n) is 26.0. The van der Waals surface area contributed by atoms with Crippen molar-refractivity contribution in [2.75, 3.05) is 32.5 Å². The quantitative estimate of drug-likeness (QED) is 0.181. The fourth-order valence-corrected chi connectivity index (χ4v) is 8.04. The molecule has 0 aromatic heterocycles. The van der Waals surface area contributed by atoms with Gasteiger partial charge in [-0.1, -0.05) is 43.3 Å². The van der Waals surface area contributed by atoms with Crippen molar-refractivity contribution in [3.63, 3.8) is 0 Å². The minimum absolute atomic E-state index is 0.0277. The summed E-state index contributed by atoms with van der Waals surface area (Å²) in [5, 5.41) is 61.0. The number of hydrogen-bond donors (Lipinski definition) is 7. The summed E-state index contributed by atoms with van der Waals surface area (Å²) in [6, 6.07) is 12.3. The van der Waals surface area contributed by atoms with Crippen LogP contribution in [0.4, 0.5) is 5.69 Å². The second kappa shape index (κ2) is 11.5. The van der Waals surface area contributed by atoms with Gasteiger partial charge in [0, 0.05) is 37.2 Å². The lowest BCUT2D eigenvalue weighted by Crippen LogP contribution is -2.68. The smallest absolute Gasteiger partial charge is 0.255 e. The van der Waals surface area contributed by atoms with Gasteiger partial charge < -0.3 is 36.6 Å². The van der Waals surface area contributed by atoms with Crippen molar-refractivity contribution in [3.8, 4) is 5.75 Å². The number of ketones is 2. The van der Waals surface area contributed by atoms with Crippen LogP contribution in [-0.4, -0.2) is 104 Å². The van der Waals surface area contributed by atoms with Gasteiger partial charge in [-0.2, -0.15) is 0 Å². The molecule has 6 rings (SSSR count). The summed E-state index contributed by atoms with van der Waals surface area (Å²) in [5.74, 6) is -9.00. The molecule has 0 saturated carbocycles. The van der Waals surface area contributed by atoms with E-state index in [0.717, 1.165) is 32.5 Å². The van der Waals surface area contributed by atoms with Gasteiger partial charge in [-0.15, -0.1) is 0 Å². The molecule has 6 atom stereocenters. The Labute approximate surface area is 266 Å². The molecule has 0 radical (unpaired) electrons. The van der Waals surface area contributed by atoms with Crippen molar-refractivity contribution in [1.29, 1.82) is 0 Å². The summed E-state index contributed by atoms with van der Waals surface area (Å²) >= 11 is 0. The highest BCUT2D eigenvalue weighted by Gasteiger charge is 2.67. The fraction of sp³-hybridized carbons (Fsp3) is 0.441. The van der Waals surface area contributed by atoms with Gasteiger partial charge in [0.2, 0.25) is 5.78 Å². The van der Waals surface area contributed by atoms with Gasteiger partial charge in [0.05, 0.1) is 29.3 Å². The highest BCUT2D eigenvalue weighted by molar-refractivity contribution is 6.25. The Hall–Kier alpha value is -4.23. The zero-order valence-corrected chi connectivity index (χ0v) is 26.0. The number of amides is 1. The fourth-order valence-electron chi connectivity index (χ4n) is 8.04. The average molecular weight is 633 g/mol. The number of piperidine rings is 1. The lowest BCUT2D eigenvalue weighted by atomic mass is 9.55. The number of nitrogens with two attached hydrogens (primary N) is 1. The first kappa shape index (κ1) is 31.7. The number of aliphatic hydroxyl groups is 4. The number of nitrogens with one attached hydrogen (secondary N) is 1. The molecule has 3 aliphatic carbocycles. The minimum Gasteiger partial charge on any atom is -0.510 e. The van der Waals surface area contributed by atoms with Crippen molar-refractivity contribution < 1.29 is 39.9 Å². The molecule has 4 aliphatic rings. The highest BCUT2D eigenvalue weighted by atomic mass is 16.4. The molecule has 1 fully saturated rings. The number of benzene rings is 2. The normalized spacial score (nSPS) is 30.3. The Kier molecular flexibility index (Phi) is 7.96. The van der Waals surface area contributed by atoms with E-state index in [-0.39, 0.29) is 17.4 Å². The van der Waals surface area contributed by atoms with Crippen molar-refractivity contribution in [1.82, 2.24) is 9.80 Å². The number of carbonyl (C=O) groups is 3. The lowest BCUT2D eigenvalue weighted by Gasteiger charge is -2.53. The maximum Gasteiger partial charge on any atom is 0.255 e. The molecule has 2 aromatic rings. The number of nitrogens with zero attached hydrogens (tertiary/aromatic N) is 2. The molecule has 0 bridgehead atoms. The molecule has 2 aromatic carbocycles. The Balaban J connectivity index is 1.33. The number of aromatic hydroxyl groups is 1. The predicted molar refractivity (Wildman–Crippen MR) is 168 cm³/mol. The lowest BCUT2D eigenvalue weighted by molar-refractivity contribution is -0.162. The van der Waals surface area contributed by atoms with Crippen molar-refractivity contribution in [3.05, 3.63) is 81.8 Å². The molecular formula is C34H40N4O8. The maximum absolute atomic E-state index is 14.1. The van der Waals surface area contributed by atoms with E-state index in [2.05, 4.69) is 22.3 Å². The molecule has 46 heavy (non-hydrogen) atoms. The number of Topliss-reactive ketones (excluding diaryl/α,β-unsaturated/α-hetero) is 2. The number of primary amides is 1. The molecule has 1 saturated heterocycles. The second-order valence-corrected chi connectivity index (χ2v) is 13.2. The van der Waals surface area contributed by atoms with Crippen LogP contribution in [0.15, 0.2) is 65.1 Å². The molecule has 8 N–H and O–H groups in total. The Morgan fingerprint density at radius 1 is 1.07 bits per heavy atom. The number of anilines is 1. The van der Waals surface area contributed by atoms with E-state index in [4.69, 9.17) is 5.73 Å². The van der Waals surface area contributed by atoms with Crippen LogP contribution in [0.1, 0.15) is 47.2 Å². The van der Waals surface area contributed by atoms with Gasteiger partial charge in [-0.05, 0) is 50.0 Å². The first-order valence-corrected chi connectivity index (χ1v) is 15.5. The Morgan fingerprint density at radius 3 is 2.33 bits per heavy atom. The van der Waals surface area contributed by atoms with Gasteiger partial charge in [0.25, 0.3) is 5.91 Å². The van der Waals surface area contributed by atoms with Gasteiger partial charge in [0.1, 0.15) is 22.8 Å². The summed E-state index contributed by atoms with van der Waals surface area (Å²) in [4.78, 5) is 43.7. The number of fused-ring (bicyclic) bond motifs is 3. The first-order valence-electron chi connectivity index (χ1n) is 15.5. The average Bonchev–Trinajstić information content (AvgIpc) is 3.01. The van der Waals surface area contributed by atoms with Crippen LogP contribution >= 0.6 is 0 Å². The summed E-state index contributed by atoms with van der Waals surface area (Å²) < 4.78 is 0. The third kappa shape index (κ3) is 4.70. The van der Waals surface area contributed by atoms with Crippen LogP contribution < -0.4 is 11.1 Å². The summed E-state index contributed by atoms with van der Waals surface area (Å²) in [6.45, 7) is 4.24. The van der Waals surface area contributed by atoms with E-state index in [1.807, 2.05) is 18.2 Å². The standard InChI is InChI=1S/C34H40N4O8/c1-16-19-9-10-20(36-18-11-13-38(14-12-18)15-17-7-5-4-6-8-17)27(39)22(19)28(40)23-21(16)29(41)25-26(37(2)3)30(42)24(33(35)45)32(44)34(25,46)31(23)43/h4-10,16,18,21,25-26,29,36,39,41-43,46H,11-15H2,1-3H3,(H2,35,45)/t16-,21-,25-,26+,29+,34+/m0/s1. The molecule has 12 nitrogen and oxygen atoms in total. The van der Waals surface area contributed by atoms with Crippen molar-refractivity contribution >= 4 is 23.2 Å². The highest BCUT2D eigenvalue weighted by Crippen LogP contribution is 2.56. The SMILES string of the molecule is C[C@H]1c2ccc(NC3CCN(Cc4ccccc4)CC3)c(O)c2C(=O)C2=C(O)[C@@]3(O)C(=O)C(C(N)=O)=C(O)[C@H](N(C)C)[C@H]3[C@H](O)[C@H]21. The number of phenols is 1. The molecule has 12 heteroatoms. The van der Waals surface area contributed by atoms with Crippen LogP contribution in [-0.2, 0) is 16.1 Å². The number of carbonyl (C=O) groups excluding carboxylic acids is 3. The molecular weight excluding hydrogens is 592 g/mol. The summed E-state index contributed by atoms with van der Waals surface area (Å²) in [7, 11) is 3.01. The van der Waals surface area contributed by atoms with E-state index in [1.54, 1.807) is 19.1 Å². The second-order valence-electron chi connectivity index (χ2n) is 13.2. The van der Waals surface area contributed by atoms with Gasteiger partial charge in [-0.25, -0.2) is 0 Å². The molecule has 1 aliphatic heterocycles. The van der Waals surface area contributed by atoms with Crippen molar-refractivity contribution in [2.45, 2.75) is 56.0 Å². The molecule has 1 amide bonds. The largest absolute Gasteiger partial charge is 0.510 e. The Bertz CT molecular complexity index is 1660. The minimum atomic E-state index is -2.94. The monoisotopic (exact) mass is 632 g/mol. The van der Waals surface area contributed by atoms with E-state index in [0.29, 0.717) is 11.3 Å². The summed E-state index contributed by atoms with van der Waals surface area (Å²) in [6.07, 6.45) is -0.0166. The molecule has 0 unspecified atom stereocenters. The van der Waals surface area contributed by atoms with Gasteiger partial charge >= 0.3 is 0 Å². The first-order chi connectivity index (χ1) is 21.8. The molecule has 1 heterocycles. The van der Waals surface area contributed by atoms with Crippen LogP contribution in [0, 0.1) is 11.8 Å². The van der Waals surface area contributed by atoms with E-state index < -0.39 is 75.6 Å². The van der Waals surface area contributed by atoms with Crippen LogP contribution in [0.25, 0.3) is 0 Å². The van der Waals surface area contributed by atoms with Crippen LogP contribution in [0.3, 0.4) is 0 Å². The summed E-state index contributed by atoms with van der Waals surface area (Å²) in [5.41, 5.74) is 3.00. The number of rotatable bonds is 6. The Morgan fingerprint density at radius 2 is 1.72 bits per heavy atom. The topological polar surface area (TPSA) is 197 Å². The predicted octanol–water partition coefficient (Wildman–Crippen LogP) is 1.73. The van der Waals surface area contributed by atoms with Crippen LogP contribution in [0.2, 0.25) is 0 Å². The third-order valence-electron chi connectivity index (χ3n) is 10.3. The van der Waals surface area contributed by atoms with E-state index >= 15 is 0 Å². The number of likely N-dealkylation sites (tertiary alicyclic amines) is 1.